The van der Waals surface area contributed by atoms with Gasteiger partial charge in [-0.25, -0.2) is 4.79 Å². The van der Waals surface area contributed by atoms with Gasteiger partial charge in [-0.3, -0.25) is 4.79 Å². The number of hydrogen-bond donors (Lipinski definition) is 2. The van der Waals surface area contributed by atoms with Crippen molar-refractivity contribution in [1.29, 1.82) is 0 Å². The van der Waals surface area contributed by atoms with Crippen LogP contribution in [0.3, 0.4) is 0 Å². The largest absolute Gasteiger partial charge is 0.497 e. The molecule has 7 heteroatoms. The molecular formula is C16H24N2O5. The quantitative estimate of drug-likeness (QED) is 0.767. The van der Waals surface area contributed by atoms with Crippen molar-refractivity contribution in [3.05, 3.63) is 18.2 Å². The van der Waals surface area contributed by atoms with Gasteiger partial charge in [-0.1, -0.05) is 13.8 Å². The van der Waals surface area contributed by atoms with E-state index in [1.165, 1.54) is 7.11 Å². The zero-order chi connectivity index (χ0) is 17.2. The molecule has 1 aromatic rings. The SMILES string of the molecule is COc1ccc(OC)c(NC(=O)CCNC(=O)OCC(C)C)c1. The summed E-state index contributed by atoms with van der Waals surface area (Å²) >= 11 is 0. The molecule has 2 amide bonds. The molecule has 0 aliphatic carbocycles. The number of hydrogen-bond acceptors (Lipinski definition) is 5. The Kier molecular flexibility index (Phi) is 7.73. The van der Waals surface area contributed by atoms with Crippen molar-refractivity contribution in [2.75, 3.05) is 32.7 Å². The summed E-state index contributed by atoms with van der Waals surface area (Å²) in [6.07, 6.45) is -0.401. The van der Waals surface area contributed by atoms with Gasteiger partial charge in [0.1, 0.15) is 11.5 Å². The minimum atomic E-state index is -0.523. The Morgan fingerprint density at radius 2 is 1.91 bits per heavy atom. The van der Waals surface area contributed by atoms with Crippen molar-refractivity contribution >= 4 is 17.7 Å². The zero-order valence-corrected chi connectivity index (χ0v) is 14.0. The topological polar surface area (TPSA) is 85.9 Å². The van der Waals surface area contributed by atoms with Gasteiger partial charge in [0.2, 0.25) is 5.91 Å². The Labute approximate surface area is 136 Å². The molecule has 0 aromatic heterocycles. The molecule has 0 radical (unpaired) electrons. The molecule has 0 saturated carbocycles. The van der Waals surface area contributed by atoms with Crippen LogP contribution in [0.15, 0.2) is 18.2 Å². The third kappa shape index (κ3) is 6.90. The third-order valence-electron chi connectivity index (χ3n) is 2.85. The summed E-state index contributed by atoms with van der Waals surface area (Å²) < 4.78 is 15.2. The number of benzene rings is 1. The molecule has 0 unspecified atom stereocenters. The number of methoxy groups -OCH3 is 2. The smallest absolute Gasteiger partial charge is 0.407 e. The molecule has 0 bridgehead atoms. The van der Waals surface area contributed by atoms with Gasteiger partial charge in [-0.2, -0.15) is 0 Å². The van der Waals surface area contributed by atoms with Gasteiger partial charge in [-0.15, -0.1) is 0 Å². The van der Waals surface area contributed by atoms with Crippen LogP contribution in [0.4, 0.5) is 10.5 Å². The van der Waals surface area contributed by atoms with E-state index in [1.807, 2.05) is 13.8 Å². The summed E-state index contributed by atoms with van der Waals surface area (Å²) in [6.45, 7) is 4.43. The van der Waals surface area contributed by atoms with Gasteiger partial charge in [-0.05, 0) is 18.1 Å². The number of carbonyl (C=O) groups excluding carboxylic acids is 2. The molecule has 0 fully saturated rings. The third-order valence-corrected chi connectivity index (χ3v) is 2.85. The highest BCUT2D eigenvalue weighted by molar-refractivity contribution is 5.92. The molecule has 0 aliphatic rings. The minimum absolute atomic E-state index is 0.122. The first kappa shape index (κ1) is 18.6. The van der Waals surface area contributed by atoms with Crippen molar-refractivity contribution < 1.29 is 23.8 Å². The fraction of sp³-hybridized carbons (Fsp3) is 0.500. The highest BCUT2D eigenvalue weighted by atomic mass is 16.5. The normalized spacial score (nSPS) is 10.1. The van der Waals surface area contributed by atoms with Crippen molar-refractivity contribution in [2.24, 2.45) is 5.92 Å². The molecule has 7 nitrogen and oxygen atoms in total. The molecule has 23 heavy (non-hydrogen) atoms. The molecule has 0 aliphatic heterocycles. The lowest BCUT2D eigenvalue weighted by Crippen LogP contribution is -2.29. The van der Waals surface area contributed by atoms with Crippen LogP contribution in [0.1, 0.15) is 20.3 Å². The van der Waals surface area contributed by atoms with E-state index in [9.17, 15) is 9.59 Å². The first-order valence-corrected chi connectivity index (χ1v) is 7.38. The molecule has 2 N–H and O–H groups in total. The number of amides is 2. The molecule has 0 saturated heterocycles. The maximum atomic E-state index is 11.9. The molecule has 1 rings (SSSR count). The van der Waals surface area contributed by atoms with E-state index < -0.39 is 6.09 Å². The van der Waals surface area contributed by atoms with E-state index in [2.05, 4.69) is 10.6 Å². The van der Waals surface area contributed by atoms with Crippen LogP contribution in [0.2, 0.25) is 0 Å². The standard InChI is InChI=1S/C16H24N2O5/c1-11(2)10-23-16(20)17-8-7-15(19)18-13-9-12(21-3)5-6-14(13)22-4/h5-6,9,11H,7-8,10H2,1-4H3,(H,17,20)(H,18,19). The Balaban J connectivity index is 2.43. The predicted octanol–water partition coefficient (Wildman–Crippen LogP) is 2.41. The van der Waals surface area contributed by atoms with Crippen molar-refractivity contribution in [3.63, 3.8) is 0 Å². The minimum Gasteiger partial charge on any atom is -0.497 e. The second-order valence-electron chi connectivity index (χ2n) is 5.28. The summed E-state index contributed by atoms with van der Waals surface area (Å²) in [5, 5.41) is 5.25. The first-order chi connectivity index (χ1) is 11.0. The number of carbonyl (C=O) groups is 2. The number of ether oxygens (including phenoxy) is 3. The van der Waals surface area contributed by atoms with Crippen LogP contribution in [0.25, 0.3) is 0 Å². The van der Waals surface area contributed by atoms with E-state index in [-0.39, 0.29) is 24.8 Å². The van der Waals surface area contributed by atoms with Crippen LogP contribution >= 0.6 is 0 Å². The Morgan fingerprint density at radius 3 is 2.52 bits per heavy atom. The van der Waals surface area contributed by atoms with Gasteiger partial charge < -0.3 is 24.8 Å². The molecular weight excluding hydrogens is 300 g/mol. The van der Waals surface area contributed by atoms with E-state index in [0.29, 0.717) is 23.8 Å². The summed E-state index contributed by atoms with van der Waals surface area (Å²) in [6, 6.07) is 5.11. The number of alkyl carbamates (subject to hydrolysis) is 1. The lowest BCUT2D eigenvalue weighted by Gasteiger charge is -2.12. The van der Waals surface area contributed by atoms with Crippen LogP contribution < -0.4 is 20.1 Å². The highest BCUT2D eigenvalue weighted by Gasteiger charge is 2.10. The first-order valence-electron chi connectivity index (χ1n) is 7.38. The zero-order valence-electron chi connectivity index (χ0n) is 14.0. The number of anilines is 1. The molecule has 1 aromatic carbocycles. The van der Waals surface area contributed by atoms with Crippen molar-refractivity contribution in [2.45, 2.75) is 20.3 Å². The maximum Gasteiger partial charge on any atom is 0.407 e. The average molecular weight is 324 g/mol. The van der Waals surface area contributed by atoms with Gasteiger partial charge >= 0.3 is 6.09 Å². The van der Waals surface area contributed by atoms with Gasteiger partial charge in [0.25, 0.3) is 0 Å². The highest BCUT2D eigenvalue weighted by Crippen LogP contribution is 2.28. The second-order valence-corrected chi connectivity index (χ2v) is 5.28. The molecule has 0 heterocycles. The molecule has 128 valence electrons. The van der Waals surface area contributed by atoms with E-state index >= 15 is 0 Å². The Hall–Kier alpha value is -2.44. The van der Waals surface area contributed by atoms with Gasteiger partial charge in [0, 0.05) is 19.0 Å². The Morgan fingerprint density at radius 1 is 1.17 bits per heavy atom. The van der Waals surface area contributed by atoms with E-state index in [4.69, 9.17) is 14.2 Å². The van der Waals surface area contributed by atoms with Gasteiger partial charge in [0.05, 0.1) is 26.5 Å². The lowest BCUT2D eigenvalue weighted by atomic mass is 10.2. The van der Waals surface area contributed by atoms with Crippen molar-refractivity contribution in [3.8, 4) is 11.5 Å². The summed E-state index contributed by atoms with van der Waals surface area (Å²) in [5.41, 5.74) is 0.513. The fourth-order valence-electron chi connectivity index (χ4n) is 1.70. The van der Waals surface area contributed by atoms with Crippen LogP contribution in [0.5, 0.6) is 11.5 Å². The molecule has 0 atom stereocenters. The Bertz CT molecular complexity index is 531. The summed E-state index contributed by atoms with van der Waals surface area (Å²) in [4.78, 5) is 23.3. The van der Waals surface area contributed by atoms with Crippen LogP contribution in [-0.4, -0.2) is 39.4 Å². The van der Waals surface area contributed by atoms with Crippen molar-refractivity contribution in [1.82, 2.24) is 5.32 Å². The van der Waals surface area contributed by atoms with Gasteiger partial charge in [0.15, 0.2) is 0 Å². The molecule has 0 spiro atoms. The lowest BCUT2D eigenvalue weighted by molar-refractivity contribution is -0.116. The summed E-state index contributed by atoms with van der Waals surface area (Å²) in [5.74, 6) is 1.16. The van der Waals surface area contributed by atoms with E-state index in [1.54, 1.807) is 25.3 Å². The van der Waals surface area contributed by atoms with Crippen LogP contribution in [0, 0.1) is 5.92 Å². The fourth-order valence-corrected chi connectivity index (χ4v) is 1.70. The predicted molar refractivity (Wildman–Crippen MR) is 87.0 cm³/mol. The number of rotatable bonds is 8. The average Bonchev–Trinajstić information content (AvgIpc) is 2.52. The monoisotopic (exact) mass is 324 g/mol. The second kappa shape index (κ2) is 9.55. The maximum absolute atomic E-state index is 11.9. The summed E-state index contributed by atoms with van der Waals surface area (Å²) in [7, 11) is 3.06. The van der Waals surface area contributed by atoms with Crippen LogP contribution in [-0.2, 0) is 9.53 Å². The van der Waals surface area contributed by atoms with E-state index in [0.717, 1.165) is 0 Å². The number of nitrogens with one attached hydrogen (secondary N) is 2.